The van der Waals surface area contributed by atoms with E-state index in [0.717, 1.165) is 32.1 Å². The van der Waals surface area contributed by atoms with Crippen molar-refractivity contribution in [2.45, 2.75) is 83.3 Å². The van der Waals surface area contributed by atoms with Crippen LogP contribution in [0.15, 0.2) is 48.2 Å². The van der Waals surface area contributed by atoms with E-state index in [1.165, 1.54) is 37.8 Å². The van der Waals surface area contributed by atoms with Crippen LogP contribution >= 0.6 is 0 Å². The molecule has 3 heteroatoms. The van der Waals surface area contributed by atoms with Gasteiger partial charge in [0, 0.05) is 17.8 Å². The summed E-state index contributed by atoms with van der Waals surface area (Å²) in [4.78, 5) is 4.40. The van der Waals surface area contributed by atoms with Gasteiger partial charge in [0.05, 0.1) is 12.2 Å². The third kappa shape index (κ3) is 6.02. The zero-order chi connectivity index (χ0) is 19.8. The molecule has 154 valence electrons. The minimum absolute atomic E-state index is 0.202. The summed E-state index contributed by atoms with van der Waals surface area (Å²) >= 11 is 0. The number of unbranched alkanes of at least 4 members (excludes halogenated alkanes) is 3. The second kappa shape index (κ2) is 10.9. The van der Waals surface area contributed by atoms with Crippen LogP contribution in [0.5, 0.6) is 0 Å². The molecule has 0 saturated heterocycles. The molecular formula is C25H37NO2. The van der Waals surface area contributed by atoms with E-state index >= 15 is 0 Å². The van der Waals surface area contributed by atoms with Gasteiger partial charge >= 0.3 is 0 Å². The lowest BCUT2D eigenvalue weighted by molar-refractivity contribution is 0.139. The average Bonchev–Trinajstić information content (AvgIpc) is 3.21. The molecule has 2 aliphatic carbocycles. The highest BCUT2D eigenvalue weighted by Gasteiger charge is 2.43. The number of pyridine rings is 1. The molecule has 1 aromatic heterocycles. The molecule has 0 spiro atoms. The Bertz CT molecular complexity index is 639. The van der Waals surface area contributed by atoms with Gasteiger partial charge in [0.25, 0.3) is 0 Å². The first-order chi connectivity index (χ1) is 13.7. The van der Waals surface area contributed by atoms with Gasteiger partial charge in [0.15, 0.2) is 0 Å². The maximum Gasteiger partial charge on any atom is 0.0721 e. The van der Waals surface area contributed by atoms with Gasteiger partial charge in [-0.2, -0.15) is 0 Å². The normalized spacial score (nSPS) is 27.9. The zero-order valence-electron chi connectivity index (χ0n) is 17.3. The molecule has 1 saturated carbocycles. The van der Waals surface area contributed by atoms with E-state index in [9.17, 15) is 10.2 Å². The third-order valence-corrected chi connectivity index (χ3v) is 6.52. The summed E-state index contributed by atoms with van der Waals surface area (Å²) < 4.78 is 0. The lowest BCUT2D eigenvalue weighted by Crippen LogP contribution is -2.18. The predicted molar refractivity (Wildman–Crippen MR) is 115 cm³/mol. The summed E-state index contributed by atoms with van der Waals surface area (Å²) in [5, 5.41) is 20.6. The number of hydrogen-bond donors (Lipinski definition) is 2. The predicted octanol–water partition coefficient (Wildman–Crippen LogP) is 5.24. The Hall–Kier alpha value is -1.45. The van der Waals surface area contributed by atoms with Crippen LogP contribution in [0.3, 0.4) is 0 Å². The van der Waals surface area contributed by atoms with Gasteiger partial charge in [-0.1, -0.05) is 56.1 Å². The van der Waals surface area contributed by atoms with Gasteiger partial charge in [0.1, 0.15) is 0 Å². The third-order valence-electron chi connectivity index (χ3n) is 6.52. The maximum absolute atomic E-state index is 10.5. The largest absolute Gasteiger partial charge is 0.392 e. The van der Waals surface area contributed by atoms with Crippen molar-refractivity contribution in [3.63, 3.8) is 0 Å². The monoisotopic (exact) mass is 383 g/mol. The number of fused-ring (bicyclic) bond motifs is 1. The SMILES string of the molecule is CCCCC[C@H](O)/C=C/[C@@H]1[C@H]2CC(CCCCc3ccccn3)=C[C@H]2C[C@H]1O. The quantitative estimate of drug-likeness (QED) is 0.406. The van der Waals surface area contributed by atoms with E-state index in [4.69, 9.17) is 0 Å². The minimum atomic E-state index is -0.363. The van der Waals surface area contributed by atoms with Crippen molar-refractivity contribution in [3.8, 4) is 0 Å². The highest BCUT2D eigenvalue weighted by molar-refractivity contribution is 5.21. The number of allylic oxidation sites excluding steroid dienone is 2. The lowest BCUT2D eigenvalue weighted by Gasteiger charge is -2.19. The molecule has 1 heterocycles. The summed E-state index contributed by atoms with van der Waals surface area (Å²) in [5.74, 6) is 1.25. The summed E-state index contributed by atoms with van der Waals surface area (Å²) in [5.41, 5.74) is 2.76. The Morgan fingerprint density at radius 2 is 2.04 bits per heavy atom. The van der Waals surface area contributed by atoms with Gasteiger partial charge in [-0.05, 0) is 68.9 Å². The van der Waals surface area contributed by atoms with Crippen molar-refractivity contribution >= 4 is 0 Å². The van der Waals surface area contributed by atoms with Crippen molar-refractivity contribution < 1.29 is 10.2 Å². The van der Waals surface area contributed by atoms with Crippen molar-refractivity contribution in [1.29, 1.82) is 0 Å². The summed E-state index contributed by atoms with van der Waals surface area (Å²) in [6.07, 6.45) is 18.6. The van der Waals surface area contributed by atoms with Crippen LogP contribution in [0.2, 0.25) is 0 Å². The highest BCUT2D eigenvalue weighted by Crippen LogP contribution is 2.48. The van der Waals surface area contributed by atoms with Gasteiger partial charge in [-0.25, -0.2) is 0 Å². The van der Waals surface area contributed by atoms with Gasteiger partial charge < -0.3 is 10.2 Å². The van der Waals surface area contributed by atoms with E-state index < -0.39 is 0 Å². The van der Waals surface area contributed by atoms with Crippen molar-refractivity contribution in [2.75, 3.05) is 0 Å². The van der Waals surface area contributed by atoms with Crippen LogP contribution < -0.4 is 0 Å². The molecule has 0 radical (unpaired) electrons. The van der Waals surface area contributed by atoms with Gasteiger partial charge in [-0.15, -0.1) is 0 Å². The first kappa shape index (κ1) is 21.3. The Morgan fingerprint density at radius 3 is 2.82 bits per heavy atom. The van der Waals surface area contributed by atoms with E-state index in [0.29, 0.717) is 11.8 Å². The average molecular weight is 384 g/mol. The fourth-order valence-electron chi connectivity index (χ4n) is 4.95. The van der Waals surface area contributed by atoms with E-state index in [2.05, 4.69) is 36.2 Å². The number of aliphatic hydroxyl groups excluding tert-OH is 2. The van der Waals surface area contributed by atoms with Crippen LogP contribution in [0.1, 0.15) is 70.4 Å². The van der Waals surface area contributed by atoms with E-state index in [1.54, 1.807) is 5.57 Å². The van der Waals surface area contributed by atoms with Crippen LogP contribution in [0.4, 0.5) is 0 Å². The van der Waals surface area contributed by atoms with E-state index in [1.807, 2.05) is 18.3 Å². The zero-order valence-corrected chi connectivity index (χ0v) is 17.3. The molecule has 0 aromatic carbocycles. The van der Waals surface area contributed by atoms with Gasteiger partial charge in [0.2, 0.25) is 0 Å². The first-order valence-electron chi connectivity index (χ1n) is 11.3. The Kier molecular flexibility index (Phi) is 8.29. The molecule has 3 nitrogen and oxygen atoms in total. The Morgan fingerprint density at radius 1 is 1.18 bits per heavy atom. The standard InChI is InChI=1S/C25H37NO2/c1-2-3-4-12-22(27)13-14-23-24-17-19(16-20(24)18-25(23)28)9-5-6-10-21-11-7-8-15-26-21/h7-8,11,13-16,20,22-25,27-28H,2-6,9-10,12,17-18H2,1H3/b14-13+/t20-,22-,23+,24-,25+/m0/s1. The molecule has 2 N–H and O–H groups in total. The molecule has 2 aliphatic rings. The molecule has 3 rings (SSSR count). The van der Waals surface area contributed by atoms with Crippen LogP contribution in [0.25, 0.3) is 0 Å². The van der Waals surface area contributed by atoms with Crippen LogP contribution in [-0.2, 0) is 6.42 Å². The molecule has 1 aromatic rings. The molecule has 0 bridgehead atoms. The van der Waals surface area contributed by atoms with E-state index in [-0.39, 0.29) is 18.1 Å². The number of aryl methyl sites for hydroxylation is 1. The summed E-state index contributed by atoms with van der Waals surface area (Å²) in [6, 6.07) is 6.13. The molecular weight excluding hydrogens is 346 g/mol. The lowest BCUT2D eigenvalue weighted by atomic mass is 9.88. The second-order valence-electron chi connectivity index (χ2n) is 8.71. The topological polar surface area (TPSA) is 53.4 Å². The molecule has 0 amide bonds. The molecule has 5 atom stereocenters. The fourth-order valence-corrected chi connectivity index (χ4v) is 4.95. The summed E-state index contributed by atoms with van der Waals surface area (Å²) in [7, 11) is 0. The number of hydrogen-bond acceptors (Lipinski definition) is 3. The smallest absolute Gasteiger partial charge is 0.0721 e. The molecule has 0 unspecified atom stereocenters. The second-order valence-corrected chi connectivity index (χ2v) is 8.71. The maximum atomic E-state index is 10.5. The number of nitrogens with zero attached hydrogens (tertiary/aromatic N) is 1. The molecule has 1 fully saturated rings. The Balaban J connectivity index is 1.42. The van der Waals surface area contributed by atoms with Crippen LogP contribution in [-0.4, -0.2) is 27.4 Å². The number of aromatic nitrogens is 1. The number of aliphatic hydroxyl groups is 2. The highest BCUT2D eigenvalue weighted by atomic mass is 16.3. The van der Waals surface area contributed by atoms with Crippen molar-refractivity contribution in [1.82, 2.24) is 4.98 Å². The molecule has 0 aliphatic heterocycles. The molecule has 28 heavy (non-hydrogen) atoms. The van der Waals surface area contributed by atoms with Crippen LogP contribution in [0, 0.1) is 17.8 Å². The first-order valence-corrected chi connectivity index (χ1v) is 11.3. The minimum Gasteiger partial charge on any atom is -0.392 e. The Labute approximate surface area is 170 Å². The fraction of sp³-hybridized carbons (Fsp3) is 0.640. The summed E-state index contributed by atoms with van der Waals surface area (Å²) in [6.45, 7) is 2.18. The number of rotatable bonds is 11. The van der Waals surface area contributed by atoms with Gasteiger partial charge in [-0.3, -0.25) is 4.98 Å². The van der Waals surface area contributed by atoms with Crippen molar-refractivity contribution in [3.05, 3.63) is 53.9 Å². The van der Waals surface area contributed by atoms with Crippen molar-refractivity contribution in [2.24, 2.45) is 17.8 Å².